The number of nitrogens with zero attached hydrogens (tertiary/aromatic N) is 1. The van der Waals surface area contributed by atoms with Crippen molar-refractivity contribution >= 4 is 22.4 Å². The van der Waals surface area contributed by atoms with Crippen molar-refractivity contribution in [1.82, 2.24) is 4.98 Å². The van der Waals surface area contributed by atoms with E-state index in [0.29, 0.717) is 5.89 Å². The summed E-state index contributed by atoms with van der Waals surface area (Å²) >= 11 is 1.64. The second-order valence-electron chi connectivity index (χ2n) is 3.42. The molecule has 0 amide bonds. The highest BCUT2D eigenvalue weighted by molar-refractivity contribution is 7.13. The fraction of sp³-hybridized carbons (Fsp3) is 0.0833. The molecule has 3 aromatic rings. The van der Waals surface area contributed by atoms with Crippen molar-refractivity contribution < 1.29 is 4.42 Å². The third kappa shape index (κ3) is 1.36. The van der Waals surface area contributed by atoms with Gasteiger partial charge in [-0.25, -0.2) is 4.98 Å². The number of fused-ring (bicyclic) bond motifs is 1. The molecular formula is C12H9NOS. The molecule has 2 aromatic heterocycles. The van der Waals surface area contributed by atoms with Gasteiger partial charge < -0.3 is 4.42 Å². The smallest absolute Gasteiger partial charge is 0.237 e. The molecule has 0 fully saturated rings. The topological polar surface area (TPSA) is 26.0 Å². The molecule has 0 saturated carbocycles. The number of thiophene rings is 1. The van der Waals surface area contributed by atoms with E-state index < -0.39 is 0 Å². The number of hydrogen-bond donors (Lipinski definition) is 0. The monoisotopic (exact) mass is 215 g/mol. The lowest BCUT2D eigenvalue weighted by Crippen LogP contribution is -1.71. The van der Waals surface area contributed by atoms with Crippen molar-refractivity contribution in [3.05, 3.63) is 41.3 Å². The highest BCUT2D eigenvalue weighted by atomic mass is 32.1. The molecule has 1 aromatic carbocycles. The summed E-state index contributed by atoms with van der Waals surface area (Å²) in [5.41, 5.74) is 2.95. The SMILES string of the molecule is Cc1cccc2nc(-c3cccs3)oc12. The van der Waals surface area contributed by atoms with Gasteiger partial charge in [-0.2, -0.15) is 0 Å². The molecular weight excluding hydrogens is 206 g/mol. The molecule has 0 radical (unpaired) electrons. The van der Waals surface area contributed by atoms with E-state index >= 15 is 0 Å². The molecule has 0 aliphatic rings. The van der Waals surface area contributed by atoms with E-state index in [4.69, 9.17) is 4.42 Å². The van der Waals surface area contributed by atoms with Gasteiger partial charge in [0.05, 0.1) is 4.88 Å². The van der Waals surface area contributed by atoms with Gasteiger partial charge in [-0.15, -0.1) is 11.3 Å². The van der Waals surface area contributed by atoms with E-state index in [-0.39, 0.29) is 0 Å². The predicted octanol–water partition coefficient (Wildman–Crippen LogP) is 3.86. The molecule has 0 unspecified atom stereocenters. The number of oxazole rings is 1. The van der Waals surface area contributed by atoms with Crippen molar-refractivity contribution in [2.24, 2.45) is 0 Å². The predicted molar refractivity (Wildman–Crippen MR) is 62.1 cm³/mol. The van der Waals surface area contributed by atoms with Crippen LogP contribution in [0, 0.1) is 6.92 Å². The summed E-state index contributed by atoms with van der Waals surface area (Å²) in [5.74, 6) is 0.717. The number of benzene rings is 1. The Kier molecular flexibility index (Phi) is 1.86. The molecule has 0 N–H and O–H groups in total. The third-order valence-corrected chi connectivity index (χ3v) is 3.20. The van der Waals surface area contributed by atoms with E-state index in [1.807, 2.05) is 42.6 Å². The first-order chi connectivity index (χ1) is 7.34. The maximum Gasteiger partial charge on any atom is 0.237 e. The molecule has 0 aliphatic heterocycles. The summed E-state index contributed by atoms with van der Waals surface area (Å²) in [6.45, 7) is 2.03. The van der Waals surface area contributed by atoms with Crippen LogP contribution in [0.3, 0.4) is 0 Å². The summed E-state index contributed by atoms with van der Waals surface area (Å²) in [4.78, 5) is 5.53. The van der Waals surface area contributed by atoms with Crippen LogP contribution in [0.5, 0.6) is 0 Å². The average molecular weight is 215 g/mol. The molecule has 0 bridgehead atoms. The Bertz CT molecular complexity index is 595. The average Bonchev–Trinajstić information content (AvgIpc) is 2.86. The first-order valence-electron chi connectivity index (χ1n) is 4.74. The number of para-hydroxylation sites is 1. The van der Waals surface area contributed by atoms with E-state index in [2.05, 4.69) is 4.98 Å². The van der Waals surface area contributed by atoms with Gasteiger partial charge in [0.1, 0.15) is 5.52 Å². The van der Waals surface area contributed by atoms with E-state index in [0.717, 1.165) is 21.5 Å². The normalized spacial score (nSPS) is 11.0. The van der Waals surface area contributed by atoms with Crippen molar-refractivity contribution in [3.63, 3.8) is 0 Å². The maximum atomic E-state index is 5.74. The Morgan fingerprint density at radius 3 is 2.87 bits per heavy atom. The summed E-state index contributed by atoms with van der Waals surface area (Å²) < 4.78 is 5.74. The van der Waals surface area contributed by atoms with Crippen LogP contribution in [0.1, 0.15) is 5.56 Å². The van der Waals surface area contributed by atoms with Crippen molar-refractivity contribution in [1.29, 1.82) is 0 Å². The Morgan fingerprint density at radius 1 is 1.20 bits per heavy atom. The highest BCUT2D eigenvalue weighted by Crippen LogP contribution is 2.28. The van der Waals surface area contributed by atoms with Gasteiger partial charge in [0.25, 0.3) is 0 Å². The summed E-state index contributed by atoms with van der Waals surface area (Å²) in [5, 5.41) is 2.02. The second-order valence-corrected chi connectivity index (χ2v) is 4.37. The number of aryl methyl sites for hydroxylation is 1. The molecule has 3 heteroatoms. The minimum absolute atomic E-state index is 0.717. The molecule has 15 heavy (non-hydrogen) atoms. The number of aromatic nitrogens is 1. The third-order valence-electron chi connectivity index (χ3n) is 2.34. The summed E-state index contributed by atoms with van der Waals surface area (Å²) in [6, 6.07) is 10.0. The zero-order valence-electron chi connectivity index (χ0n) is 8.23. The summed E-state index contributed by atoms with van der Waals surface area (Å²) in [7, 11) is 0. The molecule has 0 spiro atoms. The van der Waals surface area contributed by atoms with Gasteiger partial charge in [0.2, 0.25) is 5.89 Å². The summed E-state index contributed by atoms with van der Waals surface area (Å²) in [6.07, 6.45) is 0. The lowest BCUT2D eigenvalue weighted by molar-refractivity contribution is 0.619. The van der Waals surface area contributed by atoms with E-state index in [1.54, 1.807) is 11.3 Å². The van der Waals surface area contributed by atoms with Crippen LogP contribution < -0.4 is 0 Å². The molecule has 2 nitrogen and oxygen atoms in total. The van der Waals surface area contributed by atoms with E-state index in [9.17, 15) is 0 Å². The van der Waals surface area contributed by atoms with Gasteiger partial charge >= 0.3 is 0 Å². The van der Waals surface area contributed by atoms with Crippen LogP contribution in [-0.4, -0.2) is 4.98 Å². The number of hydrogen-bond acceptors (Lipinski definition) is 3. The van der Waals surface area contributed by atoms with Crippen LogP contribution in [0.4, 0.5) is 0 Å². The fourth-order valence-corrected chi connectivity index (χ4v) is 2.24. The largest absolute Gasteiger partial charge is 0.435 e. The second kappa shape index (κ2) is 3.21. The Balaban J connectivity index is 2.27. The lowest BCUT2D eigenvalue weighted by atomic mass is 10.2. The van der Waals surface area contributed by atoms with Crippen LogP contribution in [0.15, 0.2) is 40.1 Å². The zero-order chi connectivity index (χ0) is 10.3. The minimum Gasteiger partial charge on any atom is -0.435 e. The quantitative estimate of drug-likeness (QED) is 0.616. The van der Waals surface area contributed by atoms with Crippen LogP contribution in [0.25, 0.3) is 21.9 Å². The van der Waals surface area contributed by atoms with Crippen LogP contribution in [-0.2, 0) is 0 Å². The van der Waals surface area contributed by atoms with Crippen LogP contribution >= 0.6 is 11.3 Å². The number of rotatable bonds is 1. The lowest BCUT2D eigenvalue weighted by Gasteiger charge is -1.89. The molecule has 74 valence electrons. The van der Waals surface area contributed by atoms with Gasteiger partial charge in [-0.1, -0.05) is 18.2 Å². The fourth-order valence-electron chi connectivity index (χ4n) is 1.59. The zero-order valence-corrected chi connectivity index (χ0v) is 9.04. The van der Waals surface area contributed by atoms with E-state index in [1.165, 1.54) is 0 Å². The van der Waals surface area contributed by atoms with Gasteiger partial charge in [-0.05, 0) is 30.0 Å². The van der Waals surface area contributed by atoms with Crippen molar-refractivity contribution in [3.8, 4) is 10.8 Å². The first kappa shape index (κ1) is 8.68. The minimum atomic E-state index is 0.717. The van der Waals surface area contributed by atoms with Crippen LogP contribution in [0.2, 0.25) is 0 Å². The highest BCUT2D eigenvalue weighted by Gasteiger charge is 2.09. The Labute approximate surface area is 91.2 Å². The Morgan fingerprint density at radius 2 is 2.13 bits per heavy atom. The first-order valence-corrected chi connectivity index (χ1v) is 5.62. The standard InChI is InChI=1S/C12H9NOS/c1-8-4-2-5-9-11(8)14-12(13-9)10-6-3-7-15-10/h2-7H,1H3. The van der Waals surface area contributed by atoms with Gasteiger partial charge in [0.15, 0.2) is 5.58 Å². The molecule has 0 aliphatic carbocycles. The van der Waals surface area contributed by atoms with Gasteiger partial charge in [0, 0.05) is 0 Å². The molecule has 2 heterocycles. The molecule has 0 saturated heterocycles. The van der Waals surface area contributed by atoms with Crippen molar-refractivity contribution in [2.45, 2.75) is 6.92 Å². The molecule has 3 rings (SSSR count). The van der Waals surface area contributed by atoms with Crippen molar-refractivity contribution in [2.75, 3.05) is 0 Å². The molecule has 0 atom stereocenters. The maximum absolute atomic E-state index is 5.74. The Hall–Kier alpha value is -1.61. The van der Waals surface area contributed by atoms with Gasteiger partial charge in [-0.3, -0.25) is 0 Å².